The minimum absolute atomic E-state index is 0.0410. The molecule has 1 heterocycles. The monoisotopic (exact) mass is 239 g/mol. The van der Waals surface area contributed by atoms with Gasteiger partial charge in [0.1, 0.15) is 0 Å². The second-order valence-electron chi connectivity index (χ2n) is 3.81. The minimum atomic E-state index is -3.49. The van der Waals surface area contributed by atoms with Crippen LogP contribution in [0.5, 0.6) is 0 Å². The lowest BCUT2D eigenvalue weighted by Gasteiger charge is -2.13. The third-order valence-electron chi connectivity index (χ3n) is 2.67. The van der Waals surface area contributed by atoms with Crippen LogP contribution in [0.25, 0.3) is 0 Å². The van der Waals surface area contributed by atoms with Crippen LogP contribution in [0.1, 0.15) is 5.56 Å². The van der Waals surface area contributed by atoms with Crippen molar-refractivity contribution in [2.75, 3.05) is 18.8 Å². The molecular formula is C11H13NO3S. The Bertz CT molecular complexity index is 481. The predicted molar refractivity (Wildman–Crippen MR) is 60.9 cm³/mol. The second kappa shape index (κ2) is 4.25. The zero-order chi connectivity index (χ0) is 11.6. The number of hydrogen-bond acceptors (Lipinski definition) is 3. The first-order valence-corrected chi connectivity index (χ1v) is 6.80. The summed E-state index contributed by atoms with van der Waals surface area (Å²) in [6, 6.07) is 9.72. The molecule has 86 valence electrons. The van der Waals surface area contributed by atoms with E-state index in [0.29, 0.717) is 19.5 Å². The van der Waals surface area contributed by atoms with E-state index in [4.69, 9.17) is 0 Å². The summed E-state index contributed by atoms with van der Waals surface area (Å²) in [6.07, 6.45) is 0.697. The van der Waals surface area contributed by atoms with Crippen LogP contribution in [-0.2, 0) is 16.3 Å². The quantitative estimate of drug-likeness (QED) is 0.793. The molecule has 0 N–H and O–H groups in total. The first-order chi connectivity index (χ1) is 7.59. The van der Waals surface area contributed by atoms with Gasteiger partial charge in [0.2, 0.25) is 9.84 Å². The van der Waals surface area contributed by atoms with Gasteiger partial charge in [-0.3, -0.25) is 4.79 Å². The number of carbonyl (C=O) groups is 1. The van der Waals surface area contributed by atoms with Gasteiger partial charge in [0, 0.05) is 13.1 Å². The van der Waals surface area contributed by atoms with E-state index in [1.54, 1.807) is 0 Å². The molecule has 16 heavy (non-hydrogen) atoms. The lowest BCUT2D eigenvalue weighted by molar-refractivity contribution is 0.229. The van der Waals surface area contributed by atoms with Crippen LogP contribution >= 0.6 is 0 Å². The highest BCUT2D eigenvalue weighted by molar-refractivity contribution is 8.06. The predicted octanol–water partition coefficient (Wildman–Crippen LogP) is 1.08. The lowest BCUT2D eigenvalue weighted by atomic mass is 10.1. The summed E-state index contributed by atoms with van der Waals surface area (Å²) in [6.45, 7) is 0.802. The maximum absolute atomic E-state index is 11.4. The van der Waals surface area contributed by atoms with Crippen LogP contribution in [-0.4, -0.2) is 37.4 Å². The van der Waals surface area contributed by atoms with E-state index in [-0.39, 0.29) is 5.75 Å². The van der Waals surface area contributed by atoms with Crippen molar-refractivity contribution in [2.24, 2.45) is 0 Å². The maximum Gasteiger partial charge on any atom is 0.339 e. The highest BCUT2D eigenvalue weighted by atomic mass is 32.2. The zero-order valence-electron chi connectivity index (χ0n) is 8.80. The molecule has 1 aliphatic heterocycles. The fourth-order valence-corrected chi connectivity index (χ4v) is 2.93. The summed E-state index contributed by atoms with van der Waals surface area (Å²) in [5.41, 5.74) is 1.11. The second-order valence-corrected chi connectivity index (χ2v) is 5.79. The Morgan fingerprint density at radius 1 is 1.19 bits per heavy atom. The standard InChI is InChI=1S/C11H13NO3S/c13-11-12(8-9-16(11,14)15)7-6-10-4-2-1-3-5-10/h1-5H,6-9H2. The summed E-state index contributed by atoms with van der Waals surface area (Å²) in [5.74, 6) is -0.0410. The molecule has 0 atom stereocenters. The summed E-state index contributed by atoms with van der Waals surface area (Å²) in [7, 11) is -3.49. The van der Waals surface area contributed by atoms with Crippen molar-refractivity contribution in [2.45, 2.75) is 6.42 Å². The van der Waals surface area contributed by atoms with Gasteiger partial charge in [-0.1, -0.05) is 30.3 Å². The molecule has 0 aliphatic carbocycles. The number of rotatable bonds is 3. The summed E-state index contributed by atoms with van der Waals surface area (Å²) < 4.78 is 22.4. The third kappa shape index (κ3) is 2.24. The SMILES string of the molecule is O=C1N(CCc2ccccc2)CCS1(=O)=O. The Morgan fingerprint density at radius 2 is 1.88 bits per heavy atom. The molecule has 5 heteroatoms. The molecule has 0 spiro atoms. The molecule has 0 unspecified atom stereocenters. The van der Waals surface area contributed by atoms with Gasteiger partial charge >= 0.3 is 5.24 Å². The van der Waals surface area contributed by atoms with Gasteiger partial charge in [-0.2, -0.15) is 0 Å². The van der Waals surface area contributed by atoms with Gasteiger partial charge in [0.15, 0.2) is 0 Å². The van der Waals surface area contributed by atoms with Gasteiger partial charge in [-0.25, -0.2) is 8.42 Å². The van der Waals surface area contributed by atoms with Gasteiger partial charge in [0.05, 0.1) is 5.75 Å². The van der Waals surface area contributed by atoms with E-state index in [9.17, 15) is 13.2 Å². The minimum Gasteiger partial charge on any atom is -0.328 e. The van der Waals surface area contributed by atoms with E-state index in [2.05, 4.69) is 0 Å². The fourth-order valence-electron chi connectivity index (χ4n) is 1.72. The number of nitrogens with zero attached hydrogens (tertiary/aromatic N) is 1. The van der Waals surface area contributed by atoms with E-state index >= 15 is 0 Å². The lowest BCUT2D eigenvalue weighted by Crippen LogP contribution is -2.28. The highest BCUT2D eigenvalue weighted by Crippen LogP contribution is 2.12. The Kier molecular flexibility index (Phi) is 2.96. The van der Waals surface area contributed by atoms with Crippen LogP contribution in [0, 0.1) is 0 Å². The third-order valence-corrected chi connectivity index (χ3v) is 4.18. The maximum atomic E-state index is 11.4. The largest absolute Gasteiger partial charge is 0.339 e. The van der Waals surface area contributed by atoms with Gasteiger partial charge < -0.3 is 4.90 Å². The number of benzene rings is 1. The average molecular weight is 239 g/mol. The summed E-state index contributed by atoms with van der Waals surface area (Å²) in [5, 5.41) is -0.719. The van der Waals surface area contributed by atoms with Crippen molar-refractivity contribution < 1.29 is 13.2 Å². The number of sulfone groups is 1. The van der Waals surface area contributed by atoms with Crippen LogP contribution in [0.3, 0.4) is 0 Å². The molecule has 1 fully saturated rings. The van der Waals surface area contributed by atoms with Crippen molar-refractivity contribution in [3.8, 4) is 0 Å². The summed E-state index contributed by atoms with van der Waals surface area (Å²) >= 11 is 0. The summed E-state index contributed by atoms with van der Waals surface area (Å²) in [4.78, 5) is 12.8. The Balaban J connectivity index is 1.96. The Labute approximate surface area is 94.8 Å². The van der Waals surface area contributed by atoms with E-state index in [1.807, 2.05) is 30.3 Å². The topological polar surface area (TPSA) is 54.5 Å². The van der Waals surface area contributed by atoms with Crippen molar-refractivity contribution >= 4 is 15.1 Å². The number of amides is 1. The normalized spacial score (nSPS) is 19.0. The molecular weight excluding hydrogens is 226 g/mol. The fraction of sp³-hybridized carbons (Fsp3) is 0.364. The molecule has 0 radical (unpaired) electrons. The van der Waals surface area contributed by atoms with E-state index in [1.165, 1.54) is 4.90 Å². The van der Waals surface area contributed by atoms with Gasteiger partial charge in [-0.05, 0) is 12.0 Å². The molecule has 0 saturated carbocycles. The molecule has 1 aromatic carbocycles. The number of hydrogen-bond donors (Lipinski definition) is 0. The van der Waals surface area contributed by atoms with Crippen molar-refractivity contribution in [3.05, 3.63) is 35.9 Å². The smallest absolute Gasteiger partial charge is 0.328 e. The van der Waals surface area contributed by atoms with Gasteiger partial charge in [0.25, 0.3) is 0 Å². The molecule has 0 bridgehead atoms. The van der Waals surface area contributed by atoms with Crippen LogP contribution in [0.4, 0.5) is 4.79 Å². The zero-order valence-corrected chi connectivity index (χ0v) is 9.61. The Hall–Kier alpha value is -1.36. The average Bonchev–Trinajstić information content (AvgIpc) is 2.54. The van der Waals surface area contributed by atoms with Crippen LogP contribution in [0.2, 0.25) is 0 Å². The van der Waals surface area contributed by atoms with Crippen LogP contribution < -0.4 is 0 Å². The molecule has 1 amide bonds. The molecule has 2 rings (SSSR count). The highest BCUT2D eigenvalue weighted by Gasteiger charge is 2.35. The molecule has 1 aliphatic rings. The van der Waals surface area contributed by atoms with Crippen molar-refractivity contribution in [1.29, 1.82) is 0 Å². The van der Waals surface area contributed by atoms with Crippen molar-refractivity contribution in [3.63, 3.8) is 0 Å². The van der Waals surface area contributed by atoms with Crippen LogP contribution in [0.15, 0.2) is 30.3 Å². The molecule has 1 saturated heterocycles. The van der Waals surface area contributed by atoms with E-state index < -0.39 is 15.1 Å². The molecule has 4 nitrogen and oxygen atoms in total. The Morgan fingerprint density at radius 3 is 2.44 bits per heavy atom. The molecule has 0 aromatic heterocycles. The first-order valence-electron chi connectivity index (χ1n) is 5.15. The van der Waals surface area contributed by atoms with Gasteiger partial charge in [-0.15, -0.1) is 0 Å². The first kappa shape index (κ1) is 11.1. The van der Waals surface area contributed by atoms with Crippen molar-refractivity contribution in [1.82, 2.24) is 4.90 Å². The molecule has 1 aromatic rings. The van der Waals surface area contributed by atoms with E-state index in [0.717, 1.165) is 5.56 Å². The number of carbonyl (C=O) groups excluding carboxylic acids is 1.